The maximum absolute atomic E-state index is 12.3. The third-order valence-electron chi connectivity index (χ3n) is 3.94. The number of nitrogens with zero attached hydrogens (tertiary/aromatic N) is 2. The van der Waals surface area contributed by atoms with E-state index >= 15 is 0 Å². The molecule has 1 amide bonds. The van der Waals surface area contributed by atoms with Crippen molar-refractivity contribution in [2.45, 2.75) is 77.2 Å². The number of nitriles is 1. The van der Waals surface area contributed by atoms with Crippen LogP contribution >= 0.6 is 0 Å². The molecule has 0 aliphatic heterocycles. The van der Waals surface area contributed by atoms with Gasteiger partial charge in [0.15, 0.2) is 0 Å². The van der Waals surface area contributed by atoms with E-state index in [2.05, 4.69) is 19.9 Å². The van der Waals surface area contributed by atoms with Gasteiger partial charge in [-0.05, 0) is 38.5 Å². The van der Waals surface area contributed by atoms with E-state index in [4.69, 9.17) is 0 Å². The largest absolute Gasteiger partial charge is 0.324 e. The number of unbranched alkanes of at least 4 members (excludes halogenated alkanes) is 2. The van der Waals surface area contributed by atoms with E-state index in [1.165, 1.54) is 0 Å². The van der Waals surface area contributed by atoms with Crippen LogP contribution < -0.4 is 0 Å². The molecule has 1 aliphatic carbocycles. The molecule has 0 aromatic heterocycles. The van der Waals surface area contributed by atoms with Gasteiger partial charge in [-0.1, -0.05) is 26.7 Å². The Labute approximate surface area is 111 Å². The third-order valence-corrected chi connectivity index (χ3v) is 3.94. The lowest BCUT2D eigenvalue weighted by atomic mass is 9.95. The fraction of sp³-hybridized carbons (Fsp3) is 0.867. The van der Waals surface area contributed by atoms with Gasteiger partial charge in [0, 0.05) is 13.0 Å². The van der Waals surface area contributed by atoms with Gasteiger partial charge in [0.05, 0.1) is 6.07 Å². The molecule has 0 unspecified atom stereocenters. The second kappa shape index (κ2) is 7.41. The Morgan fingerprint density at radius 1 is 1.22 bits per heavy atom. The van der Waals surface area contributed by atoms with Crippen LogP contribution in [0.2, 0.25) is 0 Å². The van der Waals surface area contributed by atoms with Crippen LogP contribution in [0.3, 0.4) is 0 Å². The van der Waals surface area contributed by atoms with Crippen molar-refractivity contribution in [1.29, 1.82) is 5.26 Å². The predicted molar refractivity (Wildman–Crippen MR) is 73.0 cm³/mol. The number of hydrogen-bond donors (Lipinski definition) is 0. The van der Waals surface area contributed by atoms with Crippen LogP contribution in [-0.4, -0.2) is 22.9 Å². The molecule has 3 nitrogen and oxygen atoms in total. The van der Waals surface area contributed by atoms with Gasteiger partial charge in [0.1, 0.15) is 5.54 Å². The predicted octanol–water partition coefficient (Wildman–Crippen LogP) is 3.64. The minimum atomic E-state index is -0.486. The fourth-order valence-electron chi connectivity index (χ4n) is 2.76. The van der Waals surface area contributed by atoms with Crippen LogP contribution in [0.25, 0.3) is 0 Å². The van der Waals surface area contributed by atoms with E-state index in [1.54, 1.807) is 0 Å². The number of amides is 1. The average Bonchev–Trinajstić information content (AvgIpc) is 2.86. The number of hydrogen-bond acceptors (Lipinski definition) is 2. The summed E-state index contributed by atoms with van der Waals surface area (Å²) in [5.41, 5.74) is -0.486. The lowest BCUT2D eigenvalue weighted by molar-refractivity contribution is -0.135. The summed E-state index contributed by atoms with van der Waals surface area (Å²) in [5.74, 6) is 0.189. The highest BCUT2D eigenvalue weighted by Crippen LogP contribution is 2.35. The molecule has 0 bridgehead atoms. The monoisotopic (exact) mass is 250 g/mol. The highest BCUT2D eigenvalue weighted by molar-refractivity contribution is 5.77. The lowest BCUT2D eigenvalue weighted by Crippen LogP contribution is -2.49. The summed E-state index contributed by atoms with van der Waals surface area (Å²) < 4.78 is 0. The van der Waals surface area contributed by atoms with Gasteiger partial charge in [-0.3, -0.25) is 4.79 Å². The molecule has 0 N–H and O–H groups in total. The molecule has 1 rings (SSSR count). The lowest BCUT2D eigenvalue weighted by Gasteiger charge is -2.36. The average molecular weight is 250 g/mol. The Kier molecular flexibility index (Phi) is 6.18. The summed E-state index contributed by atoms with van der Waals surface area (Å²) in [6.45, 7) is 4.98. The van der Waals surface area contributed by atoms with Gasteiger partial charge in [0.2, 0.25) is 5.91 Å². The summed E-state index contributed by atoms with van der Waals surface area (Å²) in [6, 6.07) is 2.45. The Balaban J connectivity index is 2.76. The van der Waals surface area contributed by atoms with Crippen molar-refractivity contribution in [3.63, 3.8) is 0 Å². The minimum absolute atomic E-state index is 0.189. The number of carbonyl (C=O) groups excluding carboxylic acids is 1. The van der Waals surface area contributed by atoms with Crippen molar-refractivity contribution >= 4 is 5.91 Å². The van der Waals surface area contributed by atoms with Crippen molar-refractivity contribution in [2.24, 2.45) is 0 Å². The van der Waals surface area contributed by atoms with E-state index in [-0.39, 0.29) is 5.91 Å². The second-order valence-electron chi connectivity index (χ2n) is 5.35. The van der Waals surface area contributed by atoms with Crippen molar-refractivity contribution < 1.29 is 4.79 Å². The number of rotatable bonds is 7. The zero-order chi connectivity index (χ0) is 13.4. The quantitative estimate of drug-likeness (QED) is 0.692. The Morgan fingerprint density at radius 3 is 2.33 bits per heavy atom. The first-order chi connectivity index (χ1) is 8.70. The van der Waals surface area contributed by atoms with Gasteiger partial charge in [-0.25, -0.2) is 0 Å². The summed E-state index contributed by atoms with van der Waals surface area (Å²) in [6.07, 6.45) is 8.53. The van der Waals surface area contributed by atoms with Gasteiger partial charge in [-0.15, -0.1) is 0 Å². The molecule has 3 heteroatoms. The molecule has 1 aliphatic rings. The second-order valence-corrected chi connectivity index (χ2v) is 5.35. The molecule has 0 radical (unpaired) electrons. The van der Waals surface area contributed by atoms with Crippen molar-refractivity contribution in [3.8, 4) is 6.07 Å². The molecule has 0 atom stereocenters. The summed E-state index contributed by atoms with van der Waals surface area (Å²) in [7, 11) is 0. The maximum atomic E-state index is 12.3. The van der Waals surface area contributed by atoms with E-state index in [1.807, 2.05) is 4.90 Å². The molecule has 18 heavy (non-hydrogen) atoms. The molecule has 102 valence electrons. The van der Waals surface area contributed by atoms with E-state index in [9.17, 15) is 10.1 Å². The fourth-order valence-corrected chi connectivity index (χ4v) is 2.76. The van der Waals surface area contributed by atoms with Crippen LogP contribution in [-0.2, 0) is 4.79 Å². The van der Waals surface area contributed by atoms with Crippen LogP contribution in [0.4, 0.5) is 0 Å². The minimum Gasteiger partial charge on any atom is -0.324 e. The van der Waals surface area contributed by atoms with Crippen molar-refractivity contribution in [3.05, 3.63) is 0 Å². The highest BCUT2D eigenvalue weighted by atomic mass is 16.2. The standard InChI is InChI=1S/C15H26N2O/c1-3-5-9-14(18)17(12-6-4-2)15(13-16)10-7-8-11-15/h3-12H2,1-2H3. The zero-order valence-corrected chi connectivity index (χ0v) is 11.9. The Hall–Kier alpha value is -1.04. The molecule has 1 saturated carbocycles. The van der Waals surface area contributed by atoms with Crippen LogP contribution in [0.5, 0.6) is 0 Å². The molecular formula is C15H26N2O. The number of carbonyl (C=O) groups is 1. The summed E-state index contributed by atoms with van der Waals surface area (Å²) in [5, 5.41) is 9.52. The SMILES string of the molecule is CCCCC(=O)N(CCCC)C1(C#N)CCCC1. The van der Waals surface area contributed by atoms with Crippen molar-refractivity contribution in [1.82, 2.24) is 4.90 Å². The highest BCUT2D eigenvalue weighted by Gasteiger charge is 2.41. The van der Waals surface area contributed by atoms with Crippen LogP contribution in [0.15, 0.2) is 0 Å². The van der Waals surface area contributed by atoms with E-state index in [0.717, 1.165) is 57.9 Å². The third kappa shape index (κ3) is 3.48. The Morgan fingerprint density at radius 2 is 1.83 bits per heavy atom. The summed E-state index contributed by atoms with van der Waals surface area (Å²) >= 11 is 0. The van der Waals surface area contributed by atoms with Gasteiger partial charge in [0.25, 0.3) is 0 Å². The van der Waals surface area contributed by atoms with Gasteiger partial charge in [-0.2, -0.15) is 5.26 Å². The normalized spacial score (nSPS) is 17.4. The molecule has 1 fully saturated rings. The smallest absolute Gasteiger partial charge is 0.223 e. The van der Waals surface area contributed by atoms with E-state index < -0.39 is 5.54 Å². The van der Waals surface area contributed by atoms with Crippen LogP contribution in [0.1, 0.15) is 71.6 Å². The maximum Gasteiger partial charge on any atom is 0.223 e. The van der Waals surface area contributed by atoms with E-state index in [0.29, 0.717) is 6.42 Å². The summed E-state index contributed by atoms with van der Waals surface area (Å²) in [4.78, 5) is 14.2. The van der Waals surface area contributed by atoms with Gasteiger partial charge < -0.3 is 4.90 Å². The first-order valence-electron chi connectivity index (χ1n) is 7.42. The molecule has 0 aromatic rings. The van der Waals surface area contributed by atoms with Gasteiger partial charge >= 0.3 is 0 Å². The zero-order valence-electron chi connectivity index (χ0n) is 11.9. The Bertz CT molecular complexity index is 300. The first-order valence-corrected chi connectivity index (χ1v) is 7.42. The molecule has 0 saturated heterocycles. The first kappa shape index (κ1) is 15.0. The van der Waals surface area contributed by atoms with Crippen molar-refractivity contribution in [2.75, 3.05) is 6.54 Å². The molecular weight excluding hydrogens is 224 g/mol. The molecule has 0 aromatic carbocycles. The van der Waals surface area contributed by atoms with Crippen LogP contribution in [0, 0.1) is 11.3 Å². The molecule has 0 spiro atoms. The topological polar surface area (TPSA) is 44.1 Å². The molecule has 0 heterocycles.